The highest BCUT2D eigenvalue weighted by molar-refractivity contribution is 5.54. The van der Waals surface area contributed by atoms with Gasteiger partial charge in [0, 0.05) is 5.69 Å². The van der Waals surface area contributed by atoms with E-state index in [-0.39, 0.29) is 0 Å². The van der Waals surface area contributed by atoms with Gasteiger partial charge in [0.1, 0.15) is 0 Å². The second-order valence-electron chi connectivity index (χ2n) is 5.71. The molecule has 1 heterocycles. The van der Waals surface area contributed by atoms with Gasteiger partial charge in [0.25, 0.3) is 0 Å². The van der Waals surface area contributed by atoms with Crippen LogP contribution in [-0.4, -0.2) is 0 Å². The molecular formula is C18H21N. The van der Waals surface area contributed by atoms with E-state index in [0.29, 0.717) is 12.0 Å². The van der Waals surface area contributed by atoms with Gasteiger partial charge in [-0.3, -0.25) is 0 Å². The van der Waals surface area contributed by atoms with E-state index in [2.05, 4.69) is 67.7 Å². The van der Waals surface area contributed by atoms with Crippen molar-refractivity contribution in [3.8, 4) is 0 Å². The molecule has 0 radical (unpaired) electrons. The van der Waals surface area contributed by atoms with E-state index in [9.17, 15) is 0 Å². The number of benzene rings is 2. The number of para-hydroxylation sites is 1. The predicted octanol–water partition coefficient (Wildman–Crippen LogP) is 4.91. The summed E-state index contributed by atoms with van der Waals surface area (Å²) in [6.07, 6.45) is 2.35. The van der Waals surface area contributed by atoms with Gasteiger partial charge >= 0.3 is 0 Å². The molecule has 0 aliphatic carbocycles. The molecule has 98 valence electrons. The zero-order chi connectivity index (χ0) is 13.2. The molecule has 0 aromatic heterocycles. The number of hydrogen-bond donors (Lipinski definition) is 1. The fourth-order valence-electron chi connectivity index (χ4n) is 2.80. The van der Waals surface area contributed by atoms with E-state index in [0.717, 1.165) is 0 Å². The molecule has 1 atom stereocenters. The van der Waals surface area contributed by atoms with Crippen molar-refractivity contribution < 1.29 is 0 Å². The van der Waals surface area contributed by atoms with Crippen molar-refractivity contribution in [2.45, 2.75) is 38.6 Å². The van der Waals surface area contributed by atoms with Crippen molar-refractivity contribution in [2.75, 3.05) is 5.32 Å². The summed E-state index contributed by atoms with van der Waals surface area (Å²) in [5.41, 5.74) is 5.56. The number of rotatable bonds is 2. The molecule has 1 aliphatic rings. The summed E-state index contributed by atoms with van der Waals surface area (Å²) < 4.78 is 0. The first-order valence-corrected chi connectivity index (χ1v) is 7.18. The van der Waals surface area contributed by atoms with Crippen molar-refractivity contribution in [1.29, 1.82) is 0 Å². The maximum atomic E-state index is 3.66. The molecule has 2 aromatic carbocycles. The molecule has 1 heteroatoms. The highest BCUT2D eigenvalue weighted by Gasteiger charge is 2.18. The molecule has 1 N–H and O–H groups in total. The van der Waals surface area contributed by atoms with Crippen molar-refractivity contribution in [1.82, 2.24) is 0 Å². The maximum absolute atomic E-state index is 3.66. The van der Waals surface area contributed by atoms with Crippen LogP contribution >= 0.6 is 0 Å². The summed E-state index contributed by atoms with van der Waals surface area (Å²) in [6.45, 7) is 4.48. The monoisotopic (exact) mass is 251 g/mol. The third-order valence-electron chi connectivity index (χ3n) is 4.05. The minimum Gasteiger partial charge on any atom is -0.378 e. The zero-order valence-electron chi connectivity index (χ0n) is 11.7. The Morgan fingerprint density at radius 3 is 2.47 bits per heavy atom. The van der Waals surface area contributed by atoms with E-state index in [1.165, 1.54) is 35.2 Å². The summed E-state index contributed by atoms with van der Waals surface area (Å²) in [4.78, 5) is 0. The van der Waals surface area contributed by atoms with Gasteiger partial charge in [-0.1, -0.05) is 56.3 Å². The Balaban J connectivity index is 1.81. The highest BCUT2D eigenvalue weighted by atomic mass is 14.9. The Morgan fingerprint density at radius 2 is 1.74 bits per heavy atom. The lowest BCUT2D eigenvalue weighted by Crippen LogP contribution is -2.17. The summed E-state index contributed by atoms with van der Waals surface area (Å²) >= 11 is 0. The largest absolute Gasteiger partial charge is 0.378 e. The van der Waals surface area contributed by atoms with Crippen LogP contribution in [0.1, 0.15) is 48.9 Å². The van der Waals surface area contributed by atoms with Crippen molar-refractivity contribution >= 4 is 5.69 Å². The van der Waals surface area contributed by atoms with E-state index in [1.54, 1.807) is 0 Å². The summed E-state index contributed by atoms with van der Waals surface area (Å²) in [5, 5.41) is 3.66. The Morgan fingerprint density at radius 1 is 1.00 bits per heavy atom. The van der Waals surface area contributed by atoms with Gasteiger partial charge in [-0.05, 0) is 41.5 Å². The lowest BCUT2D eigenvalue weighted by atomic mass is 9.92. The summed E-state index contributed by atoms with van der Waals surface area (Å²) in [5.74, 6) is 0.606. The molecule has 3 rings (SSSR count). The highest BCUT2D eigenvalue weighted by Crippen LogP contribution is 2.32. The second-order valence-corrected chi connectivity index (χ2v) is 5.71. The van der Waals surface area contributed by atoms with Crippen LogP contribution in [0.15, 0.2) is 48.5 Å². The molecule has 0 fully saturated rings. The van der Waals surface area contributed by atoms with Crippen LogP contribution in [0.4, 0.5) is 5.69 Å². The number of aryl methyl sites for hydroxylation is 1. The quantitative estimate of drug-likeness (QED) is 0.799. The van der Waals surface area contributed by atoms with Gasteiger partial charge in [-0.2, -0.15) is 0 Å². The van der Waals surface area contributed by atoms with Gasteiger partial charge in [0.05, 0.1) is 6.04 Å². The fourth-order valence-corrected chi connectivity index (χ4v) is 2.80. The molecule has 0 spiro atoms. The normalized spacial score (nSPS) is 17.9. The lowest BCUT2D eigenvalue weighted by molar-refractivity contribution is 0.667. The first-order chi connectivity index (χ1) is 9.24. The first kappa shape index (κ1) is 12.3. The van der Waals surface area contributed by atoms with E-state index in [4.69, 9.17) is 0 Å². The molecule has 2 aromatic rings. The second kappa shape index (κ2) is 5.08. The van der Waals surface area contributed by atoms with Crippen LogP contribution in [0.2, 0.25) is 0 Å². The lowest BCUT2D eigenvalue weighted by Gasteiger charge is -2.27. The Labute approximate surface area is 115 Å². The first-order valence-electron chi connectivity index (χ1n) is 7.18. The molecule has 0 saturated heterocycles. The van der Waals surface area contributed by atoms with Crippen LogP contribution in [0.5, 0.6) is 0 Å². The molecule has 0 saturated carbocycles. The molecule has 0 bridgehead atoms. The van der Waals surface area contributed by atoms with Gasteiger partial charge in [-0.25, -0.2) is 0 Å². The Kier molecular flexibility index (Phi) is 3.29. The maximum Gasteiger partial charge on any atom is 0.0517 e. The minimum atomic E-state index is 0.455. The van der Waals surface area contributed by atoms with Crippen LogP contribution in [0.3, 0.4) is 0 Å². The number of fused-ring (bicyclic) bond motifs is 1. The van der Waals surface area contributed by atoms with E-state index in [1.807, 2.05) is 0 Å². The molecule has 19 heavy (non-hydrogen) atoms. The SMILES string of the molecule is CC(C)c1ccc([C@H]2CCc3ccccc3N2)cc1. The number of anilines is 1. The zero-order valence-corrected chi connectivity index (χ0v) is 11.7. The van der Waals surface area contributed by atoms with E-state index >= 15 is 0 Å². The Bertz CT molecular complexity index is 554. The van der Waals surface area contributed by atoms with Crippen LogP contribution in [0, 0.1) is 0 Å². The summed E-state index contributed by atoms with van der Waals surface area (Å²) in [7, 11) is 0. The fraction of sp³-hybridized carbons (Fsp3) is 0.333. The molecule has 0 unspecified atom stereocenters. The van der Waals surface area contributed by atoms with Crippen LogP contribution in [0.25, 0.3) is 0 Å². The smallest absolute Gasteiger partial charge is 0.0517 e. The standard InChI is InChI=1S/C18H21N/c1-13(2)14-7-9-16(10-8-14)18-12-11-15-5-3-4-6-17(15)19-18/h3-10,13,18-19H,11-12H2,1-2H3/t18-/m1/s1. The van der Waals surface area contributed by atoms with Crippen LogP contribution < -0.4 is 5.32 Å². The average molecular weight is 251 g/mol. The number of nitrogens with one attached hydrogen (secondary N) is 1. The van der Waals surface area contributed by atoms with Gasteiger partial charge in [-0.15, -0.1) is 0 Å². The van der Waals surface area contributed by atoms with Gasteiger partial charge in [0.15, 0.2) is 0 Å². The molecular weight excluding hydrogens is 230 g/mol. The molecule has 1 nitrogen and oxygen atoms in total. The van der Waals surface area contributed by atoms with E-state index < -0.39 is 0 Å². The van der Waals surface area contributed by atoms with Crippen LogP contribution in [-0.2, 0) is 6.42 Å². The summed E-state index contributed by atoms with van der Waals surface area (Å²) in [6, 6.07) is 18.2. The topological polar surface area (TPSA) is 12.0 Å². The minimum absolute atomic E-state index is 0.455. The predicted molar refractivity (Wildman–Crippen MR) is 81.7 cm³/mol. The third-order valence-corrected chi connectivity index (χ3v) is 4.05. The Hall–Kier alpha value is -1.76. The van der Waals surface area contributed by atoms with Gasteiger partial charge in [0.2, 0.25) is 0 Å². The van der Waals surface area contributed by atoms with Crippen molar-refractivity contribution in [3.05, 3.63) is 65.2 Å². The van der Waals surface area contributed by atoms with Crippen molar-refractivity contribution in [3.63, 3.8) is 0 Å². The third kappa shape index (κ3) is 2.51. The molecule has 0 amide bonds. The molecule has 1 aliphatic heterocycles. The van der Waals surface area contributed by atoms with Crippen molar-refractivity contribution in [2.24, 2.45) is 0 Å². The average Bonchev–Trinajstić information content (AvgIpc) is 2.47. The number of hydrogen-bond acceptors (Lipinski definition) is 1. The van der Waals surface area contributed by atoms with Gasteiger partial charge < -0.3 is 5.32 Å².